The van der Waals surface area contributed by atoms with Crippen molar-refractivity contribution in [2.75, 3.05) is 16.8 Å². The van der Waals surface area contributed by atoms with E-state index in [0.29, 0.717) is 12.6 Å². The van der Waals surface area contributed by atoms with Crippen LogP contribution in [0.15, 0.2) is 43.0 Å². The van der Waals surface area contributed by atoms with Crippen LogP contribution in [0, 0.1) is 0 Å². The number of anilines is 2. The molecule has 2 heterocycles. The molecular formula is C18H26N4O2. The van der Waals surface area contributed by atoms with Crippen LogP contribution in [0.1, 0.15) is 34.6 Å². The number of hydrogen-bond acceptors (Lipinski definition) is 5. The first-order valence-electron chi connectivity index (χ1n) is 8.11. The molecule has 1 amide bonds. The summed E-state index contributed by atoms with van der Waals surface area (Å²) in [6, 6.07) is 4.18. The Bertz CT molecular complexity index is 632. The summed E-state index contributed by atoms with van der Waals surface area (Å²) in [5.41, 5.74) is 0.420. The molecule has 0 spiro atoms. The standard InChI is InChI=1S/C18H26N4O2/c1-14(2)20-15-8-6-9-19-16(15)21-10-7-11-22(13-12-21)17(23)24-18(3,4)5/h6-10,12-14,20H,11H2,1-5H3. The van der Waals surface area contributed by atoms with E-state index in [0.717, 1.165) is 11.5 Å². The van der Waals surface area contributed by atoms with Gasteiger partial charge in [-0.2, -0.15) is 0 Å². The number of rotatable bonds is 3. The Balaban J connectivity index is 2.18. The summed E-state index contributed by atoms with van der Waals surface area (Å²) in [4.78, 5) is 20.1. The molecular weight excluding hydrogens is 304 g/mol. The van der Waals surface area contributed by atoms with Crippen LogP contribution in [0.25, 0.3) is 0 Å². The van der Waals surface area contributed by atoms with Crippen molar-refractivity contribution in [3.8, 4) is 0 Å². The molecule has 6 nitrogen and oxygen atoms in total. The largest absolute Gasteiger partial charge is 0.443 e. The number of nitrogens with zero attached hydrogens (tertiary/aromatic N) is 3. The summed E-state index contributed by atoms with van der Waals surface area (Å²) in [5.74, 6) is 0.782. The summed E-state index contributed by atoms with van der Waals surface area (Å²) < 4.78 is 5.41. The molecule has 2 rings (SSSR count). The Morgan fingerprint density at radius 1 is 1.29 bits per heavy atom. The zero-order valence-electron chi connectivity index (χ0n) is 15.0. The van der Waals surface area contributed by atoms with Gasteiger partial charge in [0.2, 0.25) is 0 Å². The third kappa shape index (κ3) is 5.01. The number of carbonyl (C=O) groups excluding carboxylic acids is 1. The lowest BCUT2D eigenvalue weighted by atomic mass is 10.2. The van der Waals surface area contributed by atoms with Crippen LogP contribution < -0.4 is 10.2 Å². The van der Waals surface area contributed by atoms with Crippen molar-refractivity contribution in [2.45, 2.75) is 46.3 Å². The van der Waals surface area contributed by atoms with E-state index in [1.54, 1.807) is 18.6 Å². The smallest absolute Gasteiger partial charge is 0.414 e. The van der Waals surface area contributed by atoms with Gasteiger partial charge in [-0.15, -0.1) is 0 Å². The van der Waals surface area contributed by atoms with Gasteiger partial charge in [0.15, 0.2) is 5.82 Å². The molecule has 0 atom stereocenters. The van der Waals surface area contributed by atoms with Crippen molar-refractivity contribution in [3.05, 3.63) is 43.0 Å². The Hall–Kier alpha value is -2.50. The lowest BCUT2D eigenvalue weighted by molar-refractivity contribution is 0.0352. The highest BCUT2D eigenvalue weighted by Gasteiger charge is 2.21. The van der Waals surface area contributed by atoms with Crippen molar-refractivity contribution in [3.63, 3.8) is 0 Å². The molecule has 0 saturated heterocycles. The Labute approximate surface area is 143 Å². The first kappa shape index (κ1) is 17.8. The van der Waals surface area contributed by atoms with E-state index in [2.05, 4.69) is 24.1 Å². The van der Waals surface area contributed by atoms with Gasteiger partial charge < -0.3 is 15.0 Å². The zero-order valence-corrected chi connectivity index (χ0v) is 15.0. The summed E-state index contributed by atoms with van der Waals surface area (Å²) in [5, 5.41) is 3.38. The van der Waals surface area contributed by atoms with E-state index < -0.39 is 5.60 Å². The molecule has 0 fully saturated rings. The molecule has 130 valence electrons. The van der Waals surface area contributed by atoms with Gasteiger partial charge in [-0.05, 0) is 52.8 Å². The van der Waals surface area contributed by atoms with Crippen LogP contribution in [-0.4, -0.2) is 34.2 Å². The number of nitrogens with one attached hydrogen (secondary N) is 1. The second kappa shape index (κ2) is 7.38. The highest BCUT2D eigenvalue weighted by molar-refractivity contribution is 5.71. The van der Waals surface area contributed by atoms with Crippen LogP contribution in [0.2, 0.25) is 0 Å². The quantitative estimate of drug-likeness (QED) is 0.909. The summed E-state index contributed by atoms with van der Waals surface area (Å²) >= 11 is 0. The maximum Gasteiger partial charge on any atom is 0.414 e. The Kier molecular flexibility index (Phi) is 5.49. The lowest BCUT2D eigenvalue weighted by Crippen LogP contribution is -2.33. The minimum Gasteiger partial charge on any atom is -0.443 e. The average molecular weight is 330 g/mol. The summed E-state index contributed by atoms with van der Waals surface area (Å²) in [6.07, 6.45) is 8.70. The molecule has 1 aromatic heterocycles. The molecule has 0 bridgehead atoms. The van der Waals surface area contributed by atoms with E-state index >= 15 is 0 Å². The van der Waals surface area contributed by atoms with Gasteiger partial charge in [-0.1, -0.05) is 0 Å². The molecule has 0 saturated carbocycles. The molecule has 0 aliphatic carbocycles. The number of hydrogen-bond donors (Lipinski definition) is 1. The molecule has 24 heavy (non-hydrogen) atoms. The van der Waals surface area contributed by atoms with E-state index in [1.807, 2.05) is 50.1 Å². The Morgan fingerprint density at radius 2 is 2.04 bits per heavy atom. The first-order chi connectivity index (χ1) is 11.3. The van der Waals surface area contributed by atoms with Gasteiger partial charge in [-0.25, -0.2) is 9.78 Å². The second-order valence-electron chi connectivity index (χ2n) is 6.90. The van der Waals surface area contributed by atoms with Crippen molar-refractivity contribution in [1.29, 1.82) is 0 Å². The fourth-order valence-electron chi connectivity index (χ4n) is 2.16. The fourth-order valence-corrected chi connectivity index (χ4v) is 2.16. The number of aromatic nitrogens is 1. The number of ether oxygens (including phenoxy) is 1. The van der Waals surface area contributed by atoms with Gasteiger partial charge in [0.1, 0.15) is 5.60 Å². The maximum atomic E-state index is 12.2. The maximum absolute atomic E-state index is 12.2. The SMILES string of the molecule is CC(C)Nc1cccnc1N1C=CCN(C(=O)OC(C)(C)C)C=C1. The van der Waals surface area contributed by atoms with Crippen molar-refractivity contribution in [1.82, 2.24) is 9.88 Å². The molecule has 6 heteroatoms. The molecule has 0 unspecified atom stereocenters. The van der Waals surface area contributed by atoms with Crippen molar-refractivity contribution >= 4 is 17.6 Å². The molecule has 0 radical (unpaired) electrons. The minimum absolute atomic E-state index is 0.297. The van der Waals surface area contributed by atoms with Crippen LogP contribution in [0.4, 0.5) is 16.3 Å². The van der Waals surface area contributed by atoms with Crippen LogP contribution >= 0.6 is 0 Å². The van der Waals surface area contributed by atoms with E-state index in [9.17, 15) is 4.79 Å². The van der Waals surface area contributed by atoms with Gasteiger partial charge in [0.25, 0.3) is 0 Å². The van der Waals surface area contributed by atoms with Crippen LogP contribution in [-0.2, 0) is 4.74 Å². The normalized spacial score (nSPS) is 14.8. The van der Waals surface area contributed by atoms with Gasteiger partial charge in [-0.3, -0.25) is 4.90 Å². The summed E-state index contributed by atoms with van der Waals surface area (Å²) in [6.45, 7) is 10.2. The van der Waals surface area contributed by atoms with Crippen LogP contribution in [0.3, 0.4) is 0 Å². The molecule has 1 aliphatic heterocycles. The average Bonchev–Trinajstić information content (AvgIpc) is 2.71. The van der Waals surface area contributed by atoms with Crippen molar-refractivity contribution < 1.29 is 9.53 Å². The van der Waals surface area contributed by atoms with Gasteiger partial charge in [0.05, 0.1) is 5.69 Å². The number of carbonyl (C=O) groups is 1. The monoisotopic (exact) mass is 330 g/mol. The third-order valence-corrected chi connectivity index (χ3v) is 3.08. The highest BCUT2D eigenvalue weighted by Crippen LogP contribution is 2.25. The zero-order chi connectivity index (χ0) is 17.7. The second-order valence-corrected chi connectivity index (χ2v) is 6.90. The molecule has 1 aliphatic rings. The van der Waals surface area contributed by atoms with E-state index in [1.165, 1.54) is 4.90 Å². The third-order valence-electron chi connectivity index (χ3n) is 3.08. The predicted octanol–water partition coefficient (Wildman–Crippen LogP) is 3.94. The van der Waals surface area contributed by atoms with Crippen molar-refractivity contribution in [2.24, 2.45) is 0 Å². The molecule has 1 N–H and O–H groups in total. The molecule has 1 aromatic rings. The van der Waals surface area contributed by atoms with Gasteiger partial charge >= 0.3 is 6.09 Å². The number of pyridine rings is 1. The Morgan fingerprint density at radius 3 is 2.71 bits per heavy atom. The number of amides is 1. The fraction of sp³-hybridized carbons (Fsp3) is 0.444. The minimum atomic E-state index is -0.518. The lowest BCUT2D eigenvalue weighted by Gasteiger charge is -2.24. The summed E-state index contributed by atoms with van der Waals surface area (Å²) in [7, 11) is 0. The van der Waals surface area contributed by atoms with Crippen LogP contribution in [0.5, 0.6) is 0 Å². The van der Waals surface area contributed by atoms with Gasteiger partial charge in [0, 0.05) is 37.4 Å². The first-order valence-corrected chi connectivity index (χ1v) is 8.11. The topological polar surface area (TPSA) is 57.7 Å². The van der Waals surface area contributed by atoms with E-state index in [-0.39, 0.29) is 6.09 Å². The molecule has 0 aromatic carbocycles. The predicted molar refractivity (Wildman–Crippen MR) is 96.7 cm³/mol. The van der Waals surface area contributed by atoms with E-state index in [4.69, 9.17) is 4.74 Å². The highest BCUT2D eigenvalue weighted by atomic mass is 16.6.